The summed E-state index contributed by atoms with van der Waals surface area (Å²) in [5.41, 5.74) is 19.2. The topological polar surface area (TPSA) is 575 Å². The molecule has 0 aromatic rings. The van der Waals surface area contributed by atoms with E-state index in [4.69, 9.17) is 63.3 Å². The number of Topliss-reactive ketones (excluding diaryl/α,β-unsaturated/α-hetero) is 2. The molecule has 0 radical (unpaired) electrons. The van der Waals surface area contributed by atoms with E-state index in [1.54, 1.807) is 111 Å². The molecule has 0 rings (SSSR count). The molecule has 31 nitrogen and oxygen atoms in total. The van der Waals surface area contributed by atoms with Crippen molar-refractivity contribution < 1.29 is 109 Å². The van der Waals surface area contributed by atoms with Crippen molar-refractivity contribution in [3.63, 3.8) is 0 Å². The fourth-order valence-corrected chi connectivity index (χ4v) is 3.21. The minimum absolute atomic E-state index is 0.00926. The molecule has 24 N–H and O–H groups in total. The molecular formula is C53H111N9O22. The molecule has 84 heavy (non-hydrogen) atoms. The van der Waals surface area contributed by atoms with E-state index < -0.39 is 90.4 Å². The van der Waals surface area contributed by atoms with Crippen LogP contribution >= 0.6 is 0 Å². The molecule has 0 aromatic heterocycles. The second-order valence-corrected chi connectivity index (χ2v) is 21.1. The molecule has 0 aliphatic rings. The van der Waals surface area contributed by atoms with Crippen LogP contribution in [0.1, 0.15) is 132 Å². The van der Waals surface area contributed by atoms with Crippen molar-refractivity contribution in [1.29, 1.82) is 0 Å². The number of ketones is 2. The lowest BCUT2D eigenvalue weighted by Crippen LogP contribution is -2.45. The summed E-state index contributed by atoms with van der Waals surface area (Å²) in [4.78, 5) is 116. The van der Waals surface area contributed by atoms with Crippen molar-refractivity contribution in [2.75, 3.05) is 52.6 Å². The lowest BCUT2D eigenvalue weighted by atomic mass is 9.92. The maximum atomic E-state index is 11.1. The number of aliphatic hydroxyl groups is 10. The first-order valence-electron chi connectivity index (χ1n) is 26.9. The molecule has 9 amide bonds. The lowest BCUT2D eigenvalue weighted by molar-refractivity contribution is -0.139. The van der Waals surface area contributed by atoms with Gasteiger partial charge in [-0.25, -0.2) is 5.48 Å². The minimum atomic E-state index is -1.36. The normalized spacial score (nSPS) is 12.7. The highest BCUT2D eigenvalue weighted by Gasteiger charge is 2.31. The Kier molecular flexibility index (Phi) is 66.6. The van der Waals surface area contributed by atoms with Gasteiger partial charge in [-0.2, -0.15) is 0 Å². The van der Waals surface area contributed by atoms with E-state index in [-0.39, 0.29) is 110 Å². The maximum Gasteiger partial charge on any atom is 0.287 e. The van der Waals surface area contributed by atoms with E-state index in [0.717, 1.165) is 0 Å². The molecule has 0 saturated carbocycles. The van der Waals surface area contributed by atoms with E-state index in [9.17, 15) is 63.0 Å². The van der Waals surface area contributed by atoms with Crippen LogP contribution in [0.25, 0.3) is 0 Å². The van der Waals surface area contributed by atoms with Crippen LogP contribution in [0.4, 0.5) is 0 Å². The summed E-state index contributed by atoms with van der Waals surface area (Å²) in [7, 11) is 0. The Bertz CT molecular complexity index is 1820. The van der Waals surface area contributed by atoms with Crippen LogP contribution in [-0.4, -0.2) is 210 Å². The van der Waals surface area contributed by atoms with Crippen molar-refractivity contribution >= 4 is 64.7 Å². The maximum absolute atomic E-state index is 11.1. The zero-order chi connectivity index (χ0) is 69.1. The van der Waals surface area contributed by atoms with Crippen molar-refractivity contribution in [2.45, 2.75) is 168 Å². The molecule has 31 heteroatoms. The van der Waals surface area contributed by atoms with Gasteiger partial charge in [0.15, 0.2) is 0 Å². The highest BCUT2D eigenvalue weighted by Crippen LogP contribution is 2.14. The van der Waals surface area contributed by atoms with Crippen molar-refractivity contribution in [1.82, 2.24) is 26.7 Å². The van der Waals surface area contributed by atoms with Gasteiger partial charge in [-0.1, -0.05) is 125 Å². The summed E-state index contributed by atoms with van der Waals surface area (Å²) in [6.07, 6.45) is -4.88. The molecule has 6 unspecified atom stereocenters. The summed E-state index contributed by atoms with van der Waals surface area (Å²) in [5.74, 6) is -6.37. The number of hydrogen-bond donors (Lipinski definition) is 20. The second-order valence-electron chi connectivity index (χ2n) is 21.1. The Morgan fingerprint density at radius 3 is 0.893 bits per heavy atom. The largest absolute Gasteiger partial charge is 0.395 e. The fraction of sp³-hybridized carbons (Fsp3) is 0.792. The summed E-state index contributed by atoms with van der Waals surface area (Å²) < 4.78 is 0. The van der Waals surface area contributed by atoms with Gasteiger partial charge in [0.25, 0.3) is 11.8 Å². The number of amides is 9. The Morgan fingerprint density at radius 2 is 0.726 bits per heavy atom. The predicted molar refractivity (Wildman–Crippen MR) is 311 cm³/mol. The summed E-state index contributed by atoms with van der Waals surface area (Å²) in [6.45, 7) is 31.6. The SMILES string of the molecule is CC(C)C(=O)C(=O)NCC(O)CO.CC(C)C(=O)C(N)=O.CC(C)C(=O)NCC(O)CO.CC(C)C(=O)NCCO.CC(C)C(=O)NO.CC(C)C(C)(O)C(N)=O.CC(C)C(N)=O.CC(C)C(O)C(=O)NCC(O)CO.CC(C)C(O)C(N)=O. The quantitative estimate of drug-likeness (QED) is 0.0232. The Labute approximate surface area is 495 Å². The van der Waals surface area contributed by atoms with E-state index in [1.807, 2.05) is 13.8 Å². The van der Waals surface area contributed by atoms with Crippen LogP contribution in [0.2, 0.25) is 0 Å². The van der Waals surface area contributed by atoms with Gasteiger partial charge in [-0.05, 0) is 24.7 Å². The van der Waals surface area contributed by atoms with Crippen LogP contribution in [-0.2, 0) is 52.7 Å². The van der Waals surface area contributed by atoms with Gasteiger partial charge in [0.2, 0.25) is 52.9 Å². The Balaban J connectivity index is -0.000000109. The second kappa shape index (κ2) is 57.6. The third-order valence-corrected chi connectivity index (χ3v) is 9.78. The van der Waals surface area contributed by atoms with Crippen molar-refractivity contribution in [2.24, 2.45) is 76.2 Å². The van der Waals surface area contributed by atoms with Gasteiger partial charge < -0.3 is 95.3 Å². The average Bonchev–Trinajstić information content (AvgIpc) is 3.41. The zero-order valence-corrected chi connectivity index (χ0v) is 53.0. The first-order chi connectivity index (χ1) is 38.0. The van der Waals surface area contributed by atoms with Crippen LogP contribution in [0.5, 0.6) is 0 Å². The van der Waals surface area contributed by atoms with Gasteiger partial charge in [0.1, 0.15) is 17.8 Å². The number of rotatable bonds is 25. The van der Waals surface area contributed by atoms with Gasteiger partial charge in [0.05, 0.1) is 44.7 Å². The molecule has 0 aliphatic carbocycles. The highest BCUT2D eigenvalue weighted by molar-refractivity contribution is 6.37. The third kappa shape index (κ3) is 65.3. The van der Waals surface area contributed by atoms with E-state index in [0.29, 0.717) is 6.54 Å². The number of hydrogen-bond acceptors (Lipinski definition) is 22. The van der Waals surface area contributed by atoms with Crippen molar-refractivity contribution in [3.8, 4) is 0 Å². The third-order valence-electron chi connectivity index (χ3n) is 9.78. The minimum Gasteiger partial charge on any atom is -0.395 e. The molecule has 0 saturated heterocycles. The monoisotopic (exact) mass is 1230 g/mol. The Morgan fingerprint density at radius 1 is 0.417 bits per heavy atom. The van der Waals surface area contributed by atoms with Crippen LogP contribution in [0, 0.1) is 53.3 Å². The molecule has 0 heterocycles. The number of primary amides is 4. The molecular weight excluding hydrogens is 1110 g/mol. The van der Waals surface area contributed by atoms with Gasteiger partial charge in [-0.15, -0.1) is 0 Å². The Hall–Kier alpha value is -5.87. The standard InChI is InChI=1S/C8H17NO4.C8H15NO4.C7H15NO3.2C6H13NO2.C5H11NO2.C5H9NO2.C4H9NO2.C4H9NO/c2*1-5(2)7(12)8(13)9-3-6(11)4-10;1-5(2)7(11)8-3-6(10)4-9;1-5(2)6(9)7-3-4-8;1-4(2)6(3,9)5(7)8;2*1-3(2)4(7)5(6)8;1-3(2)4(6)5-7;1-3(2)4(5)6/h5-7,10-12H,3-4H2,1-2H3,(H,9,13);5-6,10-11H,3-4H2,1-2H3,(H,9,13);5-6,9-10H,3-4H2,1-2H3,(H,8,11);5,8H,3-4H2,1-2H3,(H,7,9);4,9H,1-3H3,(H2,7,8);3-4,7H,1-2H3,(H2,6,8);3H,1-2H3,(H2,6,8);3,7H,1-2H3,(H,5,6);3H,1-2H3,(H2,5,6). The highest BCUT2D eigenvalue weighted by atomic mass is 16.5. The molecule has 0 fully saturated rings. The average molecular weight is 1230 g/mol. The number of carbonyl (C=O) groups excluding carboxylic acids is 11. The smallest absolute Gasteiger partial charge is 0.287 e. The molecule has 0 aliphatic heterocycles. The number of nitrogens with one attached hydrogen (secondary N) is 5. The van der Waals surface area contributed by atoms with Gasteiger partial charge >= 0.3 is 0 Å². The first kappa shape index (κ1) is 97.3. The molecule has 0 bridgehead atoms. The predicted octanol–water partition coefficient (Wildman–Crippen LogP) is -4.64. The van der Waals surface area contributed by atoms with Crippen LogP contribution in [0.3, 0.4) is 0 Å². The van der Waals surface area contributed by atoms with Crippen LogP contribution in [0.15, 0.2) is 0 Å². The number of carbonyl (C=O) groups is 11. The first-order valence-corrected chi connectivity index (χ1v) is 26.9. The molecule has 0 spiro atoms. The van der Waals surface area contributed by atoms with E-state index >= 15 is 0 Å². The number of nitrogens with two attached hydrogens (primary N) is 4. The summed E-state index contributed by atoms with van der Waals surface area (Å²) >= 11 is 0. The van der Waals surface area contributed by atoms with E-state index in [1.165, 1.54) is 12.4 Å². The zero-order valence-electron chi connectivity index (χ0n) is 53.0. The van der Waals surface area contributed by atoms with Crippen molar-refractivity contribution in [3.05, 3.63) is 0 Å². The molecule has 6 atom stereocenters. The van der Waals surface area contributed by atoms with Crippen LogP contribution < -0.4 is 49.7 Å². The fourth-order valence-electron chi connectivity index (χ4n) is 3.21. The lowest BCUT2D eigenvalue weighted by Gasteiger charge is -2.22. The van der Waals surface area contributed by atoms with E-state index in [2.05, 4.69) is 27.0 Å². The molecule has 500 valence electrons. The van der Waals surface area contributed by atoms with Gasteiger partial charge in [-0.3, -0.25) is 57.9 Å². The van der Waals surface area contributed by atoms with Gasteiger partial charge in [0, 0.05) is 61.7 Å². The number of aliphatic hydroxyl groups excluding tert-OH is 9. The summed E-state index contributed by atoms with van der Waals surface area (Å²) in [6, 6.07) is 0. The number of hydroxylamine groups is 1. The summed E-state index contributed by atoms with van der Waals surface area (Å²) in [5, 5.41) is 105. The molecule has 0 aromatic carbocycles.